The van der Waals surface area contributed by atoms with Gasteiger partial charge < -0.3 is 19.6 Å². The molecule has 3 aliphatic rings. The number of hydrogen-bond donors (Lipinski definition) is 0. The number of anilines is 2. The molecule has 0 bridgehead atoms. The van der Waals surface area contributed by atoms with Crippen LogP contribution in [0.1, 0.15) is 89.2 Å². The lowest BCUT2D eigenvalue weighted by Gasteiger charge is -2.24. The quantitative estimate of drug-likeness (QED) is 0.0388. The lowest BCUT2D eigenvalue weighted by Crippen LogP contribution is -2.31. The van der Waals surface area contributed by atoms with Gasteiger partial charge in [-0.1, -0.05) is 70.2 Å². The third-order valence-electron chi connectivity index (χ3n) is 11.0. The van der Waals surface area contributed by atoms with Gasteiger partial charge in [-0.05, 0) is 152 Å². The fraction of sp³-hybridized carbons (Fsp3) is 0.542. The van der Waals surface area contributed by atoms with Gasteiger partial charge >= 0.3 is 0 Å². The van der Waals surface area contributed by atoms with Crippen molar-refractivity contribution >= 4 is 57.5 Å². The van der Waals surface area contributed by atoms with Crippen molar-refractivity contribution < 1.29 is 4.58 Å². The maximum atomic E-state index is 4.27. The van der Waals surface area contributed by atoms with E-state index in [-0.39, 0.29) is 0 Å². The smallest absolute Gasteiger partial charge is 0.200 e. The number of nitrogens with zero attached hydrogens (tertiary/aromatic N) is 6. The average molecular weight is 796 g/mol. The highest BCUT2D eigenvalue weighted by Crippen LogP contribution is 2.25. The summed E-state index contributed by atoms with van der Waals surface area (Å²) in [5, 5.41) is 0. The molecule has 5 rings (SSSR count). The van der Waals surface area contributed by atoms with Crippen LogP contribution in [0.2, 0.25) is 0 Å². The molecule has 3 heterocycles. The number of hydrogen-bond acceptors (Lipinski definition) is 7. The molecule has 3 aliphatic heterocycles. The maximum absolute atomic E-state index is 4.27. The molecule has 2 saturated heterocycles. The molecule has 0 unspecified atom stereocenters. The third-order valence-corrected chi connectivity index (χ3v) is 13.6. The van der Waals surface area contributed by atoms with E-state index in [0.29, 0.717) is 0 Å². The molecule has 0 N–H and O–H groups in total. The van der Waals surface area contributed by atoms with Crippen LogP contribution in [0.4, 0.5) is 11.4 Å². The van der Waals surface area contributed by atoms with Gasteiger partial charge in [-0.25, -0.2) is 4.58 Å². The SMILES string of the molecule is CCN=CCC/C=C/C=C/c1ccc(N2CCCN(CCCCSSCCCCN3CCCN(c4ccc(/C=C/C5=CCCC=[N+]5CC)cc4)CC3)CC2)cc1. The Balaban J connectivity index is 0.860. The summed E-state index contributed by atoms with van der Waals surface area (Å²) < 4.78 is 2.36. The van der Waals surface area contributed by atoms with E-state index < -0.39 is 0 Å². The van der Waals surface area contributed by atoms with Crippen molar-refractivity contribution in [2.75, 3.05) is 99.8 Å². The zero-order valence-corrected chi connectivity index (χ0v) is 36.4. The first kappa shape index (κ1) is 44.1. The Bertz CT molecular complexity index is 1560. The molecular formula is C48H71N6S2+. The maximum Gasteiger partial charge on any atom is 0.200 e. The van der Waals surface area contributed by atoms with Crippen LogP contribution < -0.4 is 9.80 Å². The first-order chi connectivity index (χ1) is 27.7. The molecule has 0 radical (unpaired) electrons. The van der Waals surface area contributed by atoms with E-state index in [4.69, 9.17) is 0 Å². The molecule has 2 fully saturated rings. The van der Waals surface area contributed by atoms with Gasteiger partial charge in [0.1, 0.15) is 12.8 Å². The normalized spacial score (nSPS) is 18.0. The van der Waals surface area contributed by atoms with Gasteiger partial charge in [-0.3, -0.25) is 4.99 Å². The number of likely N-dealkylation sites (N-methyl/N-ethyl adjacent to an activating group) is 1. The number of unbranched alkanes of at least 4 members (excludes halogenated alkanes) is 3. The highest BCUT2D eigenvalue weighted by molar-refractivity contribution is 8.76. The summed E-state index contributed by atoms with van der Waals surface area (Å²) >= 11 is 0. The van der Waals surface area contributed by atoms with Crippen LogP contribution in [0.25, 0.3) is 12.2 Å². The number of rotatable bonds is 22. The molecule has 56 heavy (non-hydrogen) atoms. The van der Waals surface area contributed by atoms with Crippen molar-refractivity contribution in [3.05, 3.63) is 95.7 Å². The predicted octanol–water partition coefficient (Wildman–Crippen LogP) is 10.6. The van der Waals surface area contributed by atoms with E-state index in [1.807, 2.05) is 6.21 Å². The number of allylic oxidation sites excluding steroid dienone is 5. The Morgan fingerprint density at radius 2 is 1.23 bits per heavy atom. The first-order valence-electron chi connectivity index (χ1n) is 21.9. The van der Waals surface area contributed by atoms with Crippen molar-refractivity contribution in [1.29, 1.82) is 0 Å². The van der Waals surface area contributed by atoms with Gasteiger partial charge in [0.2, 0.25) is 5.70 Å². The second-order valence-corrected chi connectivity index (χ2v) is 17.9. The van der Waals surface area contributed by atoms with Crippen molar-refractivity contribution in [1.82, 2.24) is 9.80 Å². The topological polar surface area (TPSA) is 28.3 Å². The van der Waals surface area contributed by atoms with Crippen molar-refractivity contribution in [2.45, 2.75) is 78.1 Å². The van der Waals surface area contributed by atoms with Crippen LogP contribution in [-0.4, -0.2) is 117 Å². The summed E-state index contributed by atoms with van der Waals surface area (Å²) in [6.45, 7) is 18.1. The number of aliphatic imine (C=N–C) groups is 1. The molecule has 0 amide bonds. The Hall–Kier alpha value is -3.04. The minimum absolute atomic E-state index is 0.878. The molecule has 2 aromatic carbocycles. The summed E-state index contributed by atoms with van der Waals surface area (Å²) in [6.07, 6.45) is 32.1. The lowest BCUT2D eigenvalue weighted by atomic mass is 10.1. The molecular weight excluding hydrogens is 725 g/mol. The summed E-state index contributed by atoms with van der Waals surface area (Å²) in [5.74, 6) is 2.56. The lowest BCUT2D eigenvalue weighted by molar-refractivity contribution is -0.465. The van der Waals surface area contributed by atoms with E-state index in [1.165, 1.54) is 117 Å². The van der Waals surface area contributed by atoms with Gasteiger partial charge in [-0.15, -0.1) is 0 Å². The standard InChI is InChI=1S/C48H71N6S2/c1-3-49-30-10-7-5-6-8-18-44-20-26-47(27-21-44)53-36-16-33-50(38-40-53)31-12-14-42-55-56-43-15-13-32-51-34-17-37-54(41-39-51)48-28-23-45(24-29-48)22-25-46-19-9-11-35-52(46)4-2/h5-6,8,18-30,35H,3-4,7,9-17,31-34,36-43H2,1-2H3/q+1/b6-5+,18-8+,25-22+,49-30?. The van der Waals surface area contributed by atoms with E-state index in [0.717, 1.165) is 65.0 Å². The van der Waals surface area contributed by atoms with E-state index in [9.17, 15) is 0 Å². The molecule has 0 aliphatic carbocycles. The Labute approximate surface area is 349 Å². The van der Waals surface area contributed by atoms with Crippen molar-refractivity contribution in [3.63, 3.8) is 0 Å². The molecule has 304 valence electrons. The summed E-state index contributed by atoms with van der Waals surface area (Å²) in [5.41, 5.74) is 6.59. The fourth-order valence-corrected chi connectivity index (χ4v) is 9.98. The van der Waals surface area contributed by atoms with E-state index >= 15 is 0 Å². The van der Waals surface area contributed by atoms with E-state index in [2.05, 4.69) is 162 Å². The zero-order chi connectivity index (χ0) is 38.9. The van der Waals surface area contributed by atoms with Crippen LogP contribution >= 0.6 is 21.6 Å². The monoisotopic (exact) mass is 796 g/mol. The van der Waals surface area contributed by atoms with Crippen LogP contribution in [-0.2, 0) is 0 Å². The Kier molecular flexibility index (Phi) is 21.1. The van der Waals surface area contributed by atoms with Crippen molar-refractivity contribution in [2.24, 2.45) is 4.99 Å². The highest BCUT2D eigenvalue weighted by atomic mass is 33.1. The summed E-state index contributed by atoms with van der Waals surface area (Å²) in [6, 6.07) is 18.3. The third kappa shape index (κ3) is 16.4. The van der Waals surface area contributed by atoms with Crippen LogP contribution in [0.3, 0.4) is 0 Å². The molecule has 0 spiro atoms. The highest BCUT2D eigenvalue weighted by Gasteiger charge is 2.17. The Morgan fingerprint density at radius 3 is 1.82 bits per heavy atom. The largest absolute Gasteiger partial charge is 0.370 e. The molecule has 8 heteroatoms. The molecule has 0 aromatic heterocycles. The zero-order valence-electron chi connectivity index (χ0n) is 34.8. The molecule has 2 aromatic rings. The van der Waals surface area contributed by atoms with Crippen LogP contribution in [0, 0.1) is 0 Å². The van der Waals surface area contributed by atoms with Crippen LogP contribution in [0.5, 0.6) is 0 Å². The first-order valence-corrected chi connectivity index (χ1v) is 24.4. The Morgan fingerprint density at radius 1 is 0.625 bits per heavy atom. The van der Waals surface area contributed by atoms with Gasteiger partial charge in [0.05, 0.1) is 0 Å². The minimum atomic E-state index is 0.878. The van der Waals surface area contributed by atoms with Gasteiger partial charge in [-0.2, -0.15) is 0 Å². The van der Waals surface area contributed by atoms with Crippen LogP contribution in [0.15, 0.2) is 89.6 Å². The predicted molar refractivity (Wildman–Crippen MR) is 252 cm³/mol. The fourth-order valence-electron chi connectivity index (χ4n) is 7.68. The summed E-state index contributed by atoms with van der Waals surface area (Å²) in [4.78, 5) is 14.8. The second kappa shape index (κ2) is 26.8. The van der Waals surface area contributed by atoms with E-state index in [1.54, 1.807) is 0 Å². The van der Waals surface area contributed by atoms with Gasteiger partial charge in [0.25, 0.3) is 0 Å². The molecule has 6 nitrogen and oxygen atoms in total. The summed E-state index contributed by atoms with van der Waals surface area (Å²) in [7, 11) is 4.20. The van der Waals surface area contributed by atoms with Gasteiger partial charge in [0, 0.05) is 81.2 Å². The minimum Gasteiger partial charge on any atom is -0.370 e. The average Bonchev–Trinajstić information content (AvgIpc) is 3.63. The molecule has 0 atom stereocenters. The second-order valence-electron chi connectivity index (χ2n) is 15.2. The van der Waals surface area contributed by atoms with Crippen molar-refractivity contribution in [3.8, 4) is 0 Å². The molecule has 0 saturated carbocycles. The number of benzene rings is 2. The van der Waals surface area contributed by atoms with Gasteiger partial charge in [0.15, 0.2) is 0 Å².